The number of halogens is 1. The third-order valence-electron chi connectivity index (χ3n) is 3.80. The van der Waals surface area contributed by atoms with E-state index < -0.39 is 11.8 Å². The van der Waals surface area contributed by atoms with Crippen LogP contribution in [0.3, 0.4) is 0 Å². The Morgan fingerprint density at radius 3 is 2.48 bits per heavy atom. The molecule has 0 bridgehead atoms. The van der Waals surface area contributed by atoms with E-state index in [1.807, 2.05) is 6.07 Å². The van der Waals surface area contributed by atoms with Gasteiger partial charge in [-0.05, 0) is 30.3 Å². The predicted octanol–water partition coefficient (Wildman–Crippen LogP) is 2.90. The molecule has 3 amide bonds. The molecule has 0 saturated heterocycles. The normalized spacial score (nSPS) is 13.7. The van der Waals surface area contributed by atoms with Crippen molar-refractivity contribution in [2.24, 2.45) is 5.10 Å². The van der Waals surface area contributed by atoms with E-state index in [2.05, 4.69) is 15.7 Å². The molecule has 1 aliphatic rings. The lowest BCUT2D eigenvalue weighted by atomic mass is 10.1. The van der Waals surface area contributed by atoms with Crippen LogP contribution in [0.4, 0.5) is 11.4 Å². The number of carbonyl (C=O) groups is 3. The first kappa shape index (κ1) is 18.6. The molecule has 1 heterocycles. The fourth-order valence-electron chi connectivity index (χ4n) is 2.52. The quantitative estimate of drug-likeness (QED) is 0.830. The number of nitrogens with one attached hydrogen (secondary N) is 2. The van der Waals surface area contributed by atoms with Gasteiger partial charge in [0.15, 0.2) is 0 Å². The smallest absolute Gasteiger partial charge is 0.271 e. The van der Waals surface area contributed by atoms with Crippen molar-refractivity contribution in [1.82, 2.24) is 5.01 Å². The van der Waals surface area contributed by atoms with Crippen molar-refractivity contribution < 1.29 is 14.4 Å². The van der Waals surface area contributed by atoms with Gasteiger partial charge in [-0.3, -0.25) is 14.4 Å². The number of para-hydroxylation sites is 1. The highest BCUT2D eigenvalue weighted by Gasteiger charge is 2.26. The maximum atomic E-state index is 12.3. The lowest BCUT2D eigenvalue weighted by molar-refractivity contribution is -0.135. The first-order chi connectivity index (χ1) is 13.0. The zero-order valence-electron chi connectivity index (χ0n) is 14.3. The number of carbonyl (C=O) groups excluding carboxylic acids is 3. The maximum absolute atomic E-state index is 12.3. The zero-order chi connectivity index (χ0) is 19.2. The Balaban J connectivity index is 1.65. The van der Waals surface area contributed by atoms with Crippen LogP contribution in [0.15, 0.2) is 59.7 Å². The molecule has 0 fully saturated rings. The van der Waals surface area contributed by atoms with Crippen molar-refractivity contribution in [3.8, 4) is 0 Å². The molecule has 0 unspecified atom stereocenters. The van der Waals surface area contributed by atoms with Crippen LogP contribution in [0.25, 0.3) is 0 Å². The van der Waals surface area contributed by atoms with E-state index in [9.17, 15) is 14.4 Å². The largest absolute Gasteiger partial charge is 0.324 e. The monoisotopic (exact) mass is 384 g/mol. The third kappa shape index (κ3) is 5.15. The molecule has 27 heavy (non-hydrogen) atoms. The summed E-state index contributed by atoms with van der Waals surface area (Å²) in [6.07, 6.45) is 0.343. The van der Waals surface area contributed by atoms with Gasteiger partial charge in [0.2, 0.25) is 11.8 Å². The van der Waals surface area contributed by atoms with Crippen molar-refractivity contribution in [3.63, 3.8) is 0 Å². The summed E-state index contributed by atoms with van der Waals surface area (Å²) < 4.78 is 0. The molecule has 8 heteroatoms. The summed E-state index contributed by atoms with van der Waals surface area (Å²) in [4.78, 5) is 36.6. The molecule has 138 valence electrons. The molecule has 0 saturated carbocycles. The minimum atomic E-state index is -0.431. The summed E-state index contributed by atoms with van der Waals surface area (Å²) in [5.41, 5.74) is 1.35. The number of benzene rings is 2. The molecule has 0 spiro atoms. The third-order valence-corrected chi connectivity index (χ3v) is 4.04. The van der Waals surface area contributed by atoms with E-state index in [-0.39, 0.29) is 31.0 Å². The summed E-state index contributed by atoms with van der Waals surface area (Å²) >= 11 is 5.88. The molecule has 0 radical (unpaired) electrons. The minimum absolute atomic E-state index is 0.117. The maximum Gasteiger partial charge on any atom is 0.271 e. The molecule has 2 aromatic rings. The molecular formula is C19H17ClN4O3. The minimum Gasteiger partial charge on any atom is -0.324 e. The molecule has 3 rings (SSSR count). The zero-order valence-corrected chi connectivity index (χ0v) is 15.1. The number of hydrogen-bond donors (Lipinski definition) is 2. The molecular weight excluding hydrogens is 368 g/mol. The fraction of sp³-hybridized carbons (Fsp3) is 0.158. The fourth-order valence-corrected chi connectivity index (χ4v) is 2.71. The van der Waals surface area contributed by atoms with E-state index >= 15 is 0 Å². The lowest BCUT2D eigenvalue weighted by Crippen LogP contribution is -2.40. The Morgan fingerprint density at radius 1 is 1.00 bits per heavy atom. The van der Waals surface area contributed by atoms with Crippen LogP contribution in [0, 0.1) is 0 Å². The number of nitrogens with zero attached hydrogens (tertiary/aromatic N) is 2. The van der Waals surface area contributed by atoms with Crippen LogP contribution >= 0.6 is 11.6 Å². The summed E-state index contributed by atoms with van der Waals surface area (Å²) in [6.45, 7) is -0.284. The van der Waals surface area contributed by atoms with Gasteiger partial charge in [-0.1, -0.05) is 35.9 Å². The highest BCUT2D eigenvalue weighted by molar-refractivity contribution is 6.43. The van der Waals surface area contributed by atoms with E-state index in [0.29, 0.717) is 16.4 Å². The van der Waals surface area contributed by atoms with Crippen LogP contribution < -0.4 is 10.6 Å². The lowest BCUT2D eigenvalue weighted by Gasteiger charge is -2.22. The van der Waals surface area contributed by atoms with E-state index in [1.54, 1.807) is 48.5 Å². The number of hydrazone groups is 1. The molecule has 0 atom stereocenters. The average molecular weight is 385 g/mol. The number of hydrogen-bond acceptors (Lipinski definition) is 4. The number of amides is 3. The topological polar surface area (TPSA) is 90.9 Å². The summed E-state index contributed by atoms with van der Waals surface area (Å²) in [5, 5.41) is 10.9. The van der Waals surface area contributed by atoms with E-state index in [1.165, 1.54) is 0 Å². The van der Waals surface area contributed by atoms with Crippen molar-refractivity contribution in [2.75, 3.05) is 17.2 Å². The SMILES string of the molecule is O=C(CN1N=C(C(=O)Nc2ccccc2)CCC1=O)Nc1cccc(Cl)c1. The molecule has 0 aliphatic carbocycles. The van der Waals surface area contributed by atoms with Gasteiger partial charge in [-0.15, -0.1) is 0 Å². The standard InChI is InChI=1S/C19H17ClN4O3/c20-13-5-4-8-15(11-13)21-17(25)12-24-18(26)10-9-16(23-24)19(27)22-14-6-2-1-3-7-14/h1-8,11H,9-10,12H2,(H,21,25)(H,22,27). The molecule has 7 nitrogen and oxygen atoms in total. The highest BCUT2D eigenvalue weighted by Crippen LogP contribution is 2.16. The van der Waals surface area contributed by atoms with Gasteiger partial charge in [-0.2, -0.15) is 5.10 Å². The second-order valence-electron chi connectivity index (χ2n) is 5.88. The van der Waals surface area contributed by atoms with Crippen LogP contribution in [0.1, 0.15) is 12.8 Å². The van der Waals surface area contributed by atoms with Crippen LogP contribution in [0.2, 0.25) is 5.02 Å². The van der Waals surface area contributed by atoms with Crippen molar-refractivity contribution >= 4 is 46.4 Å². The van der Waals surface area contributed by atoms with Gasteiger partial charge in [0.25, 0.3) is 5.91 Å². The summed E-state index contributed by atoms with van der Waals surface area (Å²) in [7, 11) is 0. The molecule has 2 aromatic carbocycles. The average Bonchev–Trinajstić information content (AvgIpc) is 2.64. The Kier molecular flexibility index (Phi) is 5.83. The van der Waals surface area contributed by atoms with Gasteiger partial charge in [0, 0.05) is 29.2 Å². The number of anilines is 2. The van der Waals surface area contributed by atoms with Gasteiger partial charge in [-0.25, -0.2) is 5.01 Å². The van der Waals surface area contributed by atoms with Gasteiger partial charge < -0.3 is 10.6 Å². The van der Waals surface area contributed by atoms with Crippen LogP contribution in [-0.2, 0) is 14.4 Å². The van der Waals surface area contributed by atoms with Gasteiger partial charge in [0.05, 0.1) is 0 Å². The van der Waals surface area contributed by atoms with Crippen molar-refractivity contribution in [2.45, 2.75) is 12.8 Å². The Hall–Kier alpha value is -3.19. The predicted molar refractivity (Wildman–Crippen MR) is 104 cm³/mol. The summed E-state index contributed by atoms with van der Waals surface area (Å²) in [5.74, 6) is -1.14. The van der Waals surface area contributed by atoms with Gasteiger partial charge >= 0.3 is 0 Å². The second-order valence-corrected chi connectivity index (χ2v) is 6.31. The number of rotatable bonds is 5. The first-order valence-corrected chi connectivity index (χ1v) is 8.69. The molecule has 0 aromatic heterocycles. The van der Waals surface area contributed by atoms with Gasteiger partial charge in [0.1, 0.15) is 12.3 Å². The molecule has 2 N–H and O–H groups in total. The summed E-state index contributed by atoms with van der Waals surface area (Å²) in [6, 6.07) is 15.6. The Morgan fingerprint density at radius 2 is 1.74 bits per heavy atom. The first-order valence-electron chi connectivity index (χ1n) is 8.31. The van der Waals surface area contributed by atoms with E-state index in [4.69, 9.17) is 11.6 Å². The van der Waals surface area contributed by atoms with Crippen LogP contribution in [-0.4, -0.2) is 35.0 Å². The van der Waals surface area contributed by atoms with Crippen molar-refractivity contribution in [1.29, 1.82) is 0 Å². The van der Waals surface area contributed by atoms with Crippen molar-refractivity contribution in [3.05, 3.63) is 59.6 Å². The highest BCUT2D eigenvalue weighted by atomic mass is 35.5. The Labute approximate surface area is 161 Å². The second kappa shape index (κ2) is 8.46. The molecule has 1 aliphatic heterocycles. The Bertz CT molecular complexity index is 899. The van der Waals surface area contributed by atoms with Crippen LogP contribution in [0.5, 0.6) is 0 Å². The van der Waals surface area contributed by atoms with E-state index in [0.717, 1.165) is 5.01 Å².